The molecular formula is C13H21ClN2O2. The Bertz CT molecular complexity index is 402. The Balaban J connectivity index is 0.00000289. The van der Waals surface area contributed by atoms with E-state index in [1.54, 1.807) is 6.07 Å². The normalized spacial score (nSPS) is 12.5. The Labute approximate surface area is 114 Å². The average Bonchev–Trinajstić information content (AvgIpc) is 2.26. The highest BCUT2D eigenvalue weighted by molar-refractivity contribution is 5.85. The molecule has 0 aromatic heterocycles. The van der Waals surface area contributed by atoms with Gasteiger partial charge in [-0.25, -0.2) is 4.79 Å². The van der Waals surface area contributed by atoms with Crippen LogP contribution < -0.4 is 11.5 Å². The summed E-state index contributed by atoms with van der Waals surface area (Å²) in [6.45, 7) is 5.87. The second kappa shape index (κ2) is 6.73. The van der Waals surface area contributed by atoms with Crippen molar-refractivity contribution in [3.8, 4) is 0 Å². The molecule has 0 aliphatic heterocycles. The third kappa shape index (κ3) is 5.04. The van der Waals surface area contributed by atoms with E-state index in [4.69, 9.17) is 16.2 Å². The first-order valence-corrected chi connectivity index (χ1v) is 5.61. The lowest BCUT2D eigenvalue weighted by atomic mass is 10.0. The molecule has 0 saturated carbocycles. The standard InChI is InChI=1S/C13H20N2O2.ClH/c1-13(2,3)17-12(16)11(15)10-6-4-5-9(7-10)8-14;/h4-7,11H,8,14-15H2,1-3H3;1H. The molecule has 0 bridgehead atoms. The number of nitrogens with two attached hydrogens (primary N) is 2. The highest BCUT2D eigenvalue weighted by atomic mass is 35.5. The Morgan fingerprint density at radius 1 is 1.39 bits per heavy atom. The number of hydrogen-bond donors (Lipinski definition) is 2. The number of rotatable bonds is 3. The fraction of sp³-hybridized carbons (Fsp3) is 0.462. The van der Waals surface area contributed by atoms with Crippen molar-refractivity contribution in [2.24, 2.45) is 11.5 Å². The minimum absolute atomic E-state index is 0. The lowest BCUT2D eigenvalue weighted by Gasteiger charge is -2.22. The van der Waals surface area contributed by atoms with Crippen LogP contribution in [0.4, 0.5) is 0 Å². The van der Waals surface area contributed by atoms with E-state index < -0.39 is 17.6 Å². The molecule has 1 aromatic rings. The molecule has 1 rings (SSSR count). The van der Waals surface area contributed by atoms with Crippen LogP contribution in [0.2, 0.25) is 0 Å². The van der Waals surface area contributed by atoms with Gasteiger partial charge in [0, 0.05) is 6.54 Å². The summed E-state index contributed by atoms with van der Waals surface area (Å²) in [5.74, 6) is -0.424. The zero-order valence-electron chi connectivity index (χ0n) is 11.0. The van der Waals surface area contributed by atoms with Crippen LogP contribution in [0, 0.1) is 0 Å². The third-order valence-corrected chi connectivity index (χ3v) is 2.21. The molecule has 5 heteroatoms. The van der Waals surface area contributed by atoms with E-state index in [1.165, 1.54) is 0 Å². The van der Waals surface area contributed by atoms with Crippen LogP contribution >= 0.6 is 12.4 Å². The van der Waals surface area contributed by atoms with E-state index in [-0.39, 0.29) is 12.4 Å². The number of benzene rings is 1. The van der Waals surface area contributed by atoms with Crippen molar-refractivity contribution in [3.63, 3.8) is 0 Å². The summed E-state index contributed by atoms with van der Waals surface area (Å²) >= 11 is 0. The van der Waals surface area contributed by atoms with Crippen LogP contribution in [0.25, 0.3) is 0 Å². The van der Waals surface area contributed by atoms with Gasteiger partial charge in [-0.3, -0.25) is 0 Å². The molecule has 4 nitrogen and oxygen atoms in total. The molecule has 0 fully saturated rings. The number of carbonyl (C=O) groups excluding carboxylic acids is 1. The van der Waals surface area contributed by atoms with E-state index in [9.17, 15) is 4.79 Å². The summed E-state index contributed by atoms with van der Waals surface area (Å²) in [6, 6.07) is 6.59. The maximum absolute atomic E-state index is 11.8. The van der Waals surface area contributed by atoms with Crippen molar-refractivity contribution in [1.82, 2.24) is 0 Å². The molecule has 0 amide bonds. The number of carbonyl (C=O) groups is 1. The van der Waals surface area contributed by atoms with Gasteiger partial charge in [-0.05, 0) is 31.9 Å². The van der Waals surface area contributed by atoms with Crippen LogP contribution in [-0.2, 0) is 16.1 Å². The van der Waals surface area contributed by atoms with Crippen molar-refractivity contribution in [1.29, 1.82) is 0 Å². The summed E-state index contributed by atoms with van der Waals surface area (Å²) in [6.07, 6.45) is 0. The summed E-state index contributed by atoms with van der Waals surface area (Å²) in [7, 11) is 0. The van der Waals surface area contributed by atoms with Crippen LogP contribution in [0.1, 0.15) is 37.9 Å². The van der Waals surface area contributed by atoms with Gasteiger partial charge >= 0.3 is 5.97 Å². The van der Waals surface area contributed by atoms with E-state index in [0.717, 1.165) is 11.1 Å². The summed E-state index contributed by atoms with van der Waals surface area (Å²) in [5, 5.41) is 0. The van der Waals surface area contributed by atoms with Gasteiger partial charge in [-0.2, -0.15) is 0 Å². The fourth-order valence-corrected chi connectivity index (χ4v) is 1.41. The van der Waals surface area contributed by atoms with E-state index >= 15 is 0 Å². The van der Waals surface area contributed by atoms with Crippen molar-refractivity contribution >= 4 is 18.4 Å². The minimum Gasteiger partial charge on any atom is -0.459 e. The van der Waals surface area contributed by atoms with Gasteiger partial charge in [0.1, 0.15) is 11.6 Å². The van der Waals surface area contributed by atoms with Gasteiger partial charge in [0.15, 0.2) is 0 Å². The summed E-state index contributed by atoms with van der Waals surface area (Å²) in [4.78, 5) is 11.8. The molecule has 0 radical (unpaired) electrons. The molecule has 0 saturated heterocycles. The Hall–Kier alpha value is -1.10. The minimum atomic E-state index is -0.763. The van der Waals surface area contributed by atoms with Crippen molar-refractivity contribution < 1.29 is 9.53 Å². The molecule has 0 spiro atoms. The summed E-state index contributed by atoms with van der Waals surface area (Å²) < 4.78 is 5.23. The quantitative estimate of drug-likeness (QED) is 0.824. The molecule has 1 atom stereocenters. The van der Waals surface area contributed by atoms with Gasteiger partial charge < -0.3 is 16.2 Å². The van der Waals surface area contributed by atoms with Crippen molar-refractivity contribution in [2.75, 3.05) is 0 Å². The Morgan fingerprint density at radius 2 is 2.00 bits per heavy atom. The molecule has 1 unspecified atom stereocenters. The van der Waals surface area contributed by atoms with Gasteiger partial charge in [0.25, 0.3) is 0 Å². The number of esters is 1. The number of hydrogen-bond acceptors (Lipinski definition) is 4. The summed E-state index contributed by atoms with van der Waals surface area (Å²) in [5.41, 5.74) is 12.5. The van der Waals surface area contributed by atoms with Crippen molar-refractivity contribution in [3.05, 3.63) is 35.4 Å². The van der Waals surface area contributed by atoms with E-state index in [1.807, 2.05) is 39.0 Å². The molecule has 102 valence electrons. The molecular weight excluding hydrogens is 252 g/mol. The maximum Gasteiger partial charge on any atom is 0.328 e. The van der Waals surface area contributed by atoms with E-state index in [2.05, 4.69) is 0 Å². The highest BCUT2D eigenvalue weighted by Gasteiger charge is 2.23. The van der Waals surface area contributed by atoms with Gasteiger partial charge in [0.2, 0.25) is 0 Å². The topological polar surface area (TPSA) is 78.3 Å². The fourth-order valence-electron chi connectivity index (χ4n) is 1.41. The maximum atomic E-state index is 11.8. The lowest BCUT2D eigenvalue weighted by molar-refractivity contribution is -0.156. The Morgan fingerprint density at radius 3 is 2.50 bits per heavy atom. The largest absolute Gasteiger partial charge is 0.459 e. The van der Waals surface area contributed by atoms with E-state index in [0.29, 0.717) is 6.54 Å². The van der Waals surface area contributed by atoms with Crippen LogP contribution in [-0.4, -0.2) is 11.6 Å². The van der Waals surface area contributed by atoms with Crippen molar-refractivity contribution in [2.45, 2.75) is 39.0 Å². The SMILES string of the molecule is CC(C)(C)OC(=O)C(N)c1cccc(CN)c1.Cl. The first kappa shape index (κ1) is 16.9. The predicted octanol–water partition coefficient (Wildman–Crippen LogP) is 1.91. The molecule has 1 aromatic carbocycles. The monoisotopic (exact) mass is 272 g/mol. The molecule has 4 N–H and O–H groups in total. The zero-order valence-corrected chi connectivity index (χ0v) is 11.8. The van der Waals surface area contributed by atoms with Crippen LogP contribution in [0.15, 0.2) is 24.3 Å². The Kier molecular flexibility index (Phi) is 6.32. The number of halogens is 1. The van der Waals surface area contributed by atoms with Crippen LogP contribution in [0.5, 0.6) is 0 Å². The van der Waals surface area contributed by atoms with Gasteiger partial charge in [-0.1, -0.05) is 24.3 Å². The number of ether oxygens (including phenoxy) is 1. The first-order valence-electron chi connectivity index (χ1n) is 5.61. The van der Waals surface area contributed by atoms with Gasteiger partial charge in [-0.15, -0.1) is 12.4 Å². The second-order valence-corrected chi connectivity index (χ2v) is 4.96. The zero-order chi connectivity index (χ0) is 13.1. The highest BCUT2D eigenvalue weighted by Crippen LogP contribution is 2.17. The molecule has 0 aliphatic carbocycles. The third-order valence-electron chi connectivity index (χ3n) is 2.21. The van der Waals surface area contributed by atoms with Crippen LogP contribution in [0.3, 0.4) is 0 Å². The molecule has 0 heterocycles. The smallest absolute Gasteiger partial charge is 0.328 e. The average molecular weight is 273 g/mol. The van der Waals surface area contributed by atoms with Gasteiger partial charge in [0.05, 0.1) is 0 Å². The second-order valence-electron chi connectivity index (χ2n) is 4.96. The lowest BCUT2D eigenvalue weighted by Crippen LogP contribution is -2.31. The predicted molar refractivity (Wildman–Crippen MR) is 74.4 cm³/mol. The molecule has 0 aliphatic rings. The molecule has 18 heavy (non-hydrogen) atoms. The first-order chi connectivity index (χ1) is 7.83.